The Morgan fingerprint density at radius 1 is 1.18 bits per heavy atom. The molecule has 3 heterocycles. The Morgan fingerprint density at radius 2 is 1.91 bits per heavy atom. The fourth-order valence-electron chi connectivity index (χ4n) is 3.69. The maximum atomic E-state index is 13.2. The first-order valence-corrected chi connectivity index (χ1v) is 8.15. The Labute approximate surface area is 129 Å². The molecular formula is C15H23F2N3O2. The summed E-state index contributed by atoms with van der Waals surface area (Å²) in [7, 11) is 0. The summed E-state index contributed by atoms with van der Waals surface area (Å²) in [6.45, 7) is 2.33. The van der Waals surface area contributed by atoms with Crippen LogP contribution < -0.4 is 5.32 Å². The summed E-state index contributed by atoms with van der Waals surface area (Å²) in [5, 5.41) is 2.87. The number of likely N-dealkylation sites (tertiary alicyclic amines) is 2. The molecule has 2 atom stereocenters. The van der Waals surface area contributed by atoms with E-state index in [0.717, 1.165) is 32.4 Å². The number of hydrogen-bond donors (Lipinski definition) is 1. The lowest BCUT2D eigenvalue weighted by molar-refractivity contribution is -0.141. The lowest BCUT2D eigenvalue weighted by Gasteiger charge is -2.34. The molecule has 3 saturated heterocycles. The Balaban J connectivity index is 1.54. The first-order valence-electron chi connectivity index (χ1n) is 8.15. The van der Waals surface area contributed by atoms with Crippen LogP contribution in [0.1, 0.15) is 32.1 Å². The topological polar surface area (TPSA) is 52.7 Å². The second-order valence-corrected chi connectivity index (χ2v) is 6.61. The summed E-state index contributed by atoms with van der Waals surface area (Å²) >= 11 is 0. The van der Waals surface area contributed by atoms with Crippen molar-refractivity contribution in [1.29, 1.82) is 0 Å². The number of carbonyl (C=O) groups is 2. The van der Waals surface area contributed by atoms with Crippen molar-refractivity contribution in [2.24, 2.45) is 5.92 Å². The average molecular weight is 315 g/mol. The zero-order chi connectivity index (χ0) is 15.7. The normalized spacial score (nSPS) is 32.8. The van der Waals surface area contributed by atoms with Crippen LogP contribution >= 0.6 is 0 Å². The maximum absolute atomic E-state index is 13.2. The number of rotatable bonds is 2. The van der Waals surface area contributed by atoms with Crippen molar-refractivity contribution in [3.8, 4) is 0 Å². The summed E-state index contributed by atoms with van der Waals surface area (Å²) in [5.74, 6) is -2.74. The quantitative estimate of drug-likeness (QED) is 0.822. The Bertz CT molecular complexity index is 448. The van der Waals surface area contributed by atoms with Gasteiger partial charge in [0.25, 0.3) is 5.92 Å². The highest BCUT2D eigenvalue weighted by Gasteiger charge is 2.40. The van der Waals surface area contributed by atoms with Gasteiger partial charge in [-0.05, 0) is 25.8 Å². The second kappa shape index (κ2) is 6.10. The predicted octanol–water partition coefficient (Wildman–Crippen LogP) is 0.845. The fraction of sp³-hybridized carbons (Fsp3) is 0.867. The number of nitrogens with one attached hydrogen (secondary N) is 1. The molecule has 5 nitrogen and oxygen atoms in total. The number of amides is 2. The van der Waals surface area contributed by atoms with Crippen molar-refractivity contribution in [1.82, 2.24) is 15.1 Å². The van der Waals surface area contributed by atoms with Crippen LogP contribution in [0.2, 0.25) is 0 Å². The molecule has 0 aromatic heterocycles. The van der Waals surface area contributed by atoms with Crippen LogP contribution in [0.25, 0.3) is 0 Å². The third-order valence-corrected chi connectivity index (χ3v) is 5.07. The molecule has 2 amide bonds. The van der Waals surface area contributed by atoms with Gasteiger partial charge in [0.1, 0.15) is 0 Å². The van der Waals surface area contributed by atoms with Gasteiger partial charge in [0.05, 0.1) is 12.0 Å². The highest BCUT2D eigenvalue weighted by atomic mass is 19.3. The van der Waals surface area contributed by atoms with E-state index in [1.165, 1.54) is 0 Å². The molecule has 0 aromatic rings. The van der Waals surface area contributed by atoms with Gasteiger partial charge < -0.3 is 10.2 Å². The highest BCUT2D eigenvalue weighted by molar-refractivity contribution is 5.83. The molecule has 22 heavy (non-hydrogen) atoms. The van der Waals surface area contributed by atoms with E-state index in [2.05, 4.69) is 10.2 Å². The van der Waals surface area contributed by atoms with E-state index < -0.39 is 5.92 Å². The molecule has 7 heteroatoms. The van der Waals surface area contributed by atoms with Gasteiger partial charge in [-0.3, -0.25) is 14.5 Å². The lowest BCUT2D eigenvalue weighted by atomic mass is 10.0. The van der Waals surface area contributed by atoms with E-state index >= 15 is 0 Å². The van der Waals surface area contributed by atoms with E-state index in [1.54, 1.807) is 4.90 Å². The fourth-order valence-corrected chi connectivity index (χ4v) is 3.69. The molecular weight excluding hydrogens is 292 g/mol. The van der Waals surface area contributed by atoms with Crippen molar-refractivity contribution in [2.75, 3.05) is 32.7 Å². The van der Waals surface area contributed by atoms with Crippen LogP contribution in [0, 0.1) is 5.92 Å². The Morgan fingerprint density at radius 3 is 2.59 bits per heavy atom. The summed E-state index contributed by atoms with van der Waals surface area (Å²) in [6.07, 6.45) is 2.05. The molecule has 0 saturated carbocycles. The summed E-state index contributed by atoms with van der Waals surface area (Å²) < 4.78 is 26.4. The van der Waals surface area contributed by atoms with E-state index in [1.807, 2.05) is 0 Å². The minimum Gasteiger partial charge on any atom is -0.355 e. The minimum atomic E-state index is -2.63. The van der Waals surface area contributed by atoms with Gasteiger partial charge in [-0.25, -0.2) is 8.78 Å². The third-order valence-electron chi connectivity index (χ3n) is 5.07. The lowest BCUT2D eigenvalue weighted by Crippen LogP contribution is -2.50. The zero-order valence-electron chi connectivity index (χ0n) is 12.7. The third kappa shape index (κ3) is 3.24. The SMILES string of the molecule is O=C1NCCCC1N1CCC(C(=O)N2CCC(F)(F)CC2)C1. The van der Waals surface area contributed by atoms with E-state index in [-0.39, 0.29) is 49.7 Å². The van der Waals surface area contributed by atoms with E-state index in [4.69, 9.17) is 0 Å². The Hall–Kier alpha value is -1.24. The molecule has 0 bridgehead atoms. The molecule has 3 aliphatic rings. The molecule has 3 aliphatic heterocycles. The molecule has 0 aliphatic carbocycles. The van der Waals surface area contributed by atoms with Crippen LogP contribution in [-0.2, 0) is 9.59 Å². The zero-order valence-corrected chi connectivity index (χ0v) is 12.7. The van der Waals surface area contributed by atoms with Crippen molar-refractivity contribution in [3.63, 3.8) is 0 Å². The largest absolute Gasteiger partial charge is 0.355 e. The highest BCUT2D eigenvalue weighted by Crippen LogP contribution is 2.30. The number of piperidine rings is 2. The van der Waals surface area contributed by atoms with Crippen molar-refractivity contribution in [2.45, 2.75) is 44.1 Å². The smallest absolute Gasteiger partial charge is 0.251 e. The Kier molecular flexibility index (Phi) is 4.34. The molecule has 0 spiro atoms. The summed E-state index contributed by atoms with van der Waals surface area (Å²) in [5.41, 5.74) is 0. The van der Waals surface area contributed by atoms with Crippen LogP contribution in [-0.4, -0.2) is 66.3 Å². The summed E-state index contributed by atoms with van der Waals surface area (Å²) in [4.78, 5) is 28.0. The number of nitrogens with zero attached hydrogens (tertiary/aromatic N) is 2. The van der Waals surface area contributed by atoms with Gasteiger partial charge in [0.15, 0.2) is 0 Å². The van der Waals surface area contributed by atoms with Crippen molar-refractivity contribution < 1.29 is 18.4 Å². The van der Waals surface area contributed by atoms with Crippen molar-refractivity contribution in [3.05, 3.63) is 0 Å². The van der Waals surface area contributed by atoms with Crippen LogP contribution in [0.15, 0.2) is 0 Å². The van der Waals surface area contributed by atoms with Gasteiger partial charge in [-0.2, -0.15) is 0 Å². The number of halogens is 2. The minimum absolute atomic E-state index is 0.0192. The number of alkyl halides is 2. The van der Waals surface area contributed by atoms with Gasteiger partial charge in [0.2, 0.25) is 11.8 Å². The first kappa shape index (κ1) is 15.6. The van der Waals surface area contributed by atoms with Gasteiger partial charge in [-0.15, -0.1) is 0 Å². The maximum Gasteiger partial charge on any atom is 0.251 e. The number of carbonyl (C=O) groups excluding carboxylic acids is 2. The van der Waals surface area contributed by atoms with Gasteiger partial charge >= 0.3 is 0 Å². The van der Waals surface area contributed by atoms with Gasteiger partial charge in [0, 0.05) is 39.0 Å². The predicted molar refractivity (Wildman–Crippen MR) is 76.5 cm³/mol. The average Bonchev–Trinajstić information content (AvgIpc) is 2.96. The van der Waals surface area contributed by atoms with E-state index in [0.29, 0.717) is 6.54 Å². The first-order chi connectivity index (χ1) is 10.5. The molecule has 1 N–H and O–H groups in total. The van der Waals surface area contributed by atoms with E-state index in [9.17, 15) is 18.4 Å². The van der Waals surface area contributed by atoms with Crippen LogP contribution in [0.4, 0.5) is 8.78 Å². The standard InChI is InChI=1S/C15H23F2N3O2/c16-15(17)4-8-19(9-5-15)14(22)11-3-7-20(10-11)12-2-1-6-18-13(12)21/h11-12H,1-10H2,(H,18,21). The molecule has 2 unspecified atom stereocenters. The molecule has 3 rings (SSSR count). The molecule has 3 fully saturated rings. The molecule has 0 aromatic carbocycles. The van der Waals surface area contributed by atoms with Gasteiger partial charge in [-0.1, -0.05) is 0 Å². The number of hydrogen-bond acceptors (Lipinski definition) is 3. The second-order valence-electron chi connectivity index (χ2n) is 6.61. The van der Waals surface area contributed by atoms with Crippen LogP contribution in [0.3, 0.4) is 0 Å². The molecule has 124 valence electrons. The van der Waals surface area contributed by atoms with Crippen LogP contribution in [0.5, 0.6) is 0 Å². The summed E-state index contributed by atoms with van der Waals surface area (Å²) in [6, 6.07) is -0.128. The van der Waals surface area contributed by atoms with Crippen molar-refractivity contribution >= 4 is 11.8 Å². The monoisotopic (exact) mass is 315 g/mol. The molecule has 0 radical (unpaired) electrons.